The first-order valence-electron chi connectivity index (χ1n) is 7.00. The van der Waals surface area contributed by atoms with E-state index in [4.69, 9.17) is 0 Å². The molecule has 4 heteroatoms. The molecule has 2 N–H and O–H groups in total. The molecule has 0 atom stereocenters. The quantitative estimate of drug-likeness (QED) is 0.903. The van der Waals surface area contributed by atoms with Gasteiger partial charge in [0.25, 0.3) is 0 Å². The predicted molar refractivity (Wildman–Crippen MR) is 86.4 cm³/mol. The van der Waals surface area contributed by atoms with Crippen LogP contribution in [0, 0.1) is 0 Å². The van der Waals surface area contributed by atoms with Crippen molar-refractivity contribution in [1.29, 1.82) is 0 Å². The zero-order chi connectivity index (χ0) is 15.3. The molecular formula is C17H21N3O. The highest BCUT2D eigenvalue weighted by molar-refractivity contribution is 5.92. The molecule has 21 heavy (non-hydrogen) atoms. The topological polar surface area (TPSA) is 54.0 Å². The third-order valence-corrected chi connectivity index (χ3v) is 2.76. The fourth-order valence-corrected chi connectivity index (χ4v) is 1.91. The van der Waals surface area contributed by atoms with Crippen LogP contribution in [0.15, 0.2) is 48.7 Å². The van der Waals surface area contributed by atoms with Crippen molar-refractivity contribution in [2.75, 3.05) is 10.6 Å². The number of aromatic nitrogens is 1. The van der Waals surface area contributed by atoms with Crippen molar-refractivity contribution >= 4 is 17.4 Å². The van der Waals surface area contributed by atoms with Gasteiger partial charge in [0.15, 0.2) is 0 Å². The zero-order valence-electron chi connectivity index (χ0n) is 12.7. The summed E-state index contributed by atoms with van der Waals surface area (Å²) in [5.41, 5.74) is 1.66. The van der Waals surface area contributed by atoms with Gasteiger partial charge in [0.2, 0.25) is 5.91 Å². The van der Waals surface area contributed by atoms with E-state index in [0.717, 1.165) is 11.4 Å². The second-order valence-corrected chi connectivity index (χ2v) is 6.02. The Morgan fingerprint density at radius 3 is 2.38 bits per heavy atom. The van der Waals surface area contributed by atoms with E-state index < -0.39 is 0 Å². The molecule has 0 aliphatic carbocycles. The summed E-state index contributed by atoms with van der Waals surface area (Å²) in [5.74, 6) is 0.753. The number of amides is 1. The molecule has 0 fully saturated rings. The lowest BCUT2D eigenvalue weighted by Crippen LogP contribution is -2.26. The molecule has 1 amide bonds. The van der Waals surface area contributed by atoms with Gasteiger partial charge in [-0.3, -0.25) is 4.79 Å². The smallest absolute Gasteiger partial charge is 0.228 e. The predicted octanol–water partition coefficient (Wildman–Crippen LogP) is 3.47. The Morgan fingerprint density at radius 2 is 1.81 bits per heavy atom. The molecule has 0 saturated heterocycles. The SMILES string of the molecule is CC(C)(C)Nc1ccc(NC(=O)Cc2ccccc2)cn1. The molecule has 0 bridgehead atoms. The molecule has 0 aliphatic rings. The van der Waals surface area contributed by atoms with Crippen molar-refractivity contribution < 1.29 is 4.79 Å². The van der Waals surface area contributed by atoms with Crippen LogP contribution in [0.2, 0.25) is 0 Å². The molecule has 0 unspecified atom stereocenters. The normalized spacial score (nSPS) is 11.0. The third-order valence-electron chi connectivity index (χ3n) is 2.76. The van der Waals surface area contributed by atoms with E-state index >= 15 is 0 Å². The summed E-state index contributed by atoms with van der Waals surface area (Å²) in [5, 5.41) is 6.13. The van der Waals surface area contributed by atoms with Crippen molar-refractivity contribution in [1.82, 2.24) is 4.98 Å². The largest absolute Gasteiger partial charge is 0.365 e. The molecule has 0 spiro atoms. The van der Waals surface area contributed by atoms with Gasteiger partial charge in [-0.15, -0.1) is 0 Å². The highest BCUT2D eigenvalue weighted by atomic mass is 16.1. The number of hydrogen-bond acceptors (Lipinski definition) is 3. The number of nitrogens with zero attached hydrogens (tertiary/aromatic N) is 1. The Labute approximate surface area is 125 Å². The van der Waals surface area contributed by atoms with E-state index in [9.17, 15) is 4.79 Å². The van der Waals surface area contributed by atoms with Gasteiger partial charge < -0.3 is 10.6 Å². The summed E-state index contributed by atoms with van der Waals surface area (Å²) < 4.78 is 0. The minimum absolute atomic E-state index is 0.0366. The van der Waals surface area contributed by atoms with Crippen LogP contribution >= 0.6 is 0 Å². The van der Waals surface area contributed by atoms with Crippen molar-refractivity contribution in [2.24, 2.45) is 0 Å². The number of nitrogens with one attached hydrogen (secondary N) is 2. The summed E-state index contributed by atoms with van der Waals surface area (Å²) >= 11 is 0. The molecule has 0 saturated carbocycles. The molecular weight excluding hydrogens is 262 g/mol. The molecule has 1 aromatic heterocycles. The number of hydrogen-bond donors (Lipinski definition) is 2. The minimum Gasteiger partial charge on any atom is -0.365 e. The molecule has 0 radical (unpaired) electrons. The second kappa shape index (κ2) is 6.39. The lowest BCUT2D eigenvalue weighted by atomic mass is 10.1. The highest BCUT2D eigenvalue weighted by Crippen LogP contribution is 2.14. The van der Waals surface area contributed by atoms with Gasteiger partial charge in [-0.05, 0) is 38.5 Å². The van der Waals surface area contributed by atoms with Gasteiger partial charge >= 0.3 is 0 Å². The Morgan fingerprint density at radius 1 is 1.10 bits per heavy atom. The van der Waals surface area contributed by atoms with E-state index in [1.807, 2.05) is 42.5 Å². The minimum atomic E-state index is -0.0421. The van der Waals surface area contributed by atoms with Crippen LogP contribution in [0.4, 0.5) is 11.5 Å². The number of benzene rings is 1. The Bertz CT molecular complexity index is 586. The Hall–Kier alpha value is -2.36. The van der Waals surface area contributed by atoms with Crippen LogP contribution in [-0.2, 0) is 11.2 Å². The van der Waals surface area contributed by atoms with Gasteiger partial charge in [0.1, 0.15) is 5.82 Å². The number of carbonyl (C=O) groups is 1. The van der Waals surface area contributed by atoms with Gasteiger partial charge in [-0.1, -0.05) is 30.3 Å². The van der Waals surface area contributed by atoms with Crippen LogP contribution in [0.3, 0.4) is 0 Å². The molecule has 1 aromatic carbocycles. The highest BCUT2D eigenvalue weighted by Gasteiger charge is 2.10. The first-order chi connectivity index (χ1) is 9.92. The number of rotatable bonds is 4. The van der Waals surface area contributed by atoms with Crippen LogP contribution in [0.25, 0.3) is 0 Å². The fourth-order valence-electron chi connectivity index (χ4n) is 1.91. The molecule has 2 rings (SSSR count). The van der Waals surface area contributed by atoms with E-state index in [0.29, 0.717) is 12.1 Å². The van der Waals surface area contributed by atoms with Crippen LogP contribution in [-0.4, -0.2) is 16.4 Å². The van der Waals surface area contributed by atoms with Gasteiger partial charge in [0.05, 0.1) is 18.3 Å². The Balaban J connectivity index is 1.92. The first kappa shape index (κ1) is 15.0. The van der Waals surface area contributed by atoms with Crippen LogP contribution in [0.1, 0.15) is 26.3 Å². The Kier molecular flexibility index (Phi) is 4.58. The summed E-state index contributed by atoms with van der Waals surface area (Å²) in [6.07, 6.45) is 2.03. The van der Waals surface area contributed by atoms with Gasteiger partial charge in [-0.2, -0.15) is 0 Å². The van der Waals surface area contributed by atoms with Gasteiger partial charge in [-0.25, -0.2) is 4.98 Å². The van der Waals surface area contributed by atoms with Crippen molar-refractivity contribution in [3.63, 3.8) is 0 Å². The lowest BCUT2D eigenvalue weighted by molar-refractivity contribution is -0.115. The van der Waals surface area contributed by atoms with E-state index in [1.165, 1.54) is 0 Å². The molecule has 4 nitrogen and oxygen atoms in total. The summed E-state index contributed by atoms with van der Waals surface area (Å²) in [6.45, 7) is 6.22. The van der Waals surface area contributed by atoms with Crippen molar-refractivity contribution in [3.8, 4) is 0 Å². The maximum atomic E-state index is 11.9. The lowest BCUT2D eigenvalue weighted by Gasteiger charge is -2.21. The second-order valence-electron chi connectivity index (χ2n) is 6.02. The average Bonchev–Trinajstić information content (AvgIpc) is 2.40. The van der Waals surface area contributed by atoms with E-state index in [-0.39, 0.29) is 11.4 Å². The zero-order valence-corrected chi connectivity index (χ0v) is 12.7. The van der Waals surface area contributed by atoms with E-state index in [2.05, 4.69) is 36.4 Å². The summed E-state index contributed by atoms with van der Waals surface area (Å²) in [4.78, 5) is 16.2. The van der Waals surface area contributed by atoms with Crippen LogP contribution < -0.4 is 10.6 Å². The summed E-state index contributed by atoms with van der Waals surface area (Å²) in [7, 11) is 0. The number of pyridine rings is 1. The fraction of sp³-hybridized carbons (Fsp3) is 0.294. The average molecular weight is 283 g/mol. The maximum Gasteiger partial charge on any atom is 0.228 e. The van der Waals surface area contributed by atoms with Crippen molar-refractivity contribution in [2.45, 2.75) is 32.7 Å². The number of anilines is 2. The molecule has 2 aromatic rings. The maximum absolute atomic E-state index is 11.9. The van der Waals surface area contributed by atoms with Gasteiger partial charge in [0, 0.05) is 5.54 Å². The third kappa shape index (κ3) is 5.26. The monoisotopic (exact) mass is 283 g/mol. The van der Waals surface area contributed by atoms with E-state index in [1.54, 1.807) is 6.20 Å². The number of carbonyl (C=O) groups excluding carboxylic acids is 1. The first-order valence-corrected chi connectivity index (χ1v) is 7.00. The molecule has 1 heterocycles. The summed E-state index contributed by atoms with van der Waals surface area (Å²) in [6, 6.07) is 13.4. The van der Waals surface area contributed by atoms with Crippen LogP contribution in [0.5, 0.6) is 0 Å². The molecule has 110 valence electrons. The molecule has 0 aliphatic heterocycles. The standard InChI is InChI=1S/C17H21N3O/c1-17(2,3)20-15-10-9-14(12-18-15)19-16(21)11-13-7-5-4-6-8-13/h4-10,12H,11H2,1-3H3,(H,18,20)(H,19,21). The van der Waals surface area contributed by atoms with Crippen molar-refractivity contribution in [3.05, 3.63) is 54.2 Å².